The van der Waals surface area contributed by atoms with E-state index in [2.05, 4.69) is 28.3 Å². The van der Waals surface area contributed by atoms with Crippen molar-refractivity contribution in [3.05, 3.63) is 29.0 Å². The Bertz CT molecular complexity index is 574. The van der Waals surface area contributed by atoms with E-state index < -0.39 is 0 Å². The molecule has 1 aromatic heterocycles. The first kappa shape index (κ1) is 15.6. The van der Waals surface area contributed by atoms with Gasteiger partial charge in [0.1, 0.15) is 5.82 Å². The summed E-state index contributed by atoms with van der Waals surface area (Å²) in [7, 11) is 0. The van der Waals surface area contributed by atoms with Gasteiger partial charge in [-0.2, -0.15) is 0 Å². The number of alkyl halides is 1. The Hall–Kier alpha value is -0.770. The molecule has 110 valence electrons. The summed E-state index contributed by atoms with van der Waals surface area (Å²) < 4.78 is 2.21. The maximum Gasteiger partial charge on any atom is 0.127 e. The van der Waals surface area contributed by atoms with Gasteiger partial charge in [0.25, 0.3) is 0 Å². The lowest BCUT2D eigenvalue weighted by Gasteiger charge is -2.19. The summed E-state index contributed by atoms with van der Waals surface area (Å²) in [5.41, 5.74) is 2.02. The number of benzene rings is 1. The van der Waals surface area contributed by atoms with Crippen LogP contribution >= 0.6 is 23.2 Å². The highest BCUT2D eigenvalue weighted by Crippen LogP contribution is 2.26. The lowest BCUT2D eigenvalue weighted by atomic mass is 10.3. The first-order valence-electron chi connectivity index (χ1n) is 7.08. The second-order valence-electron chi connectivity index (χ2n) is 4.90. The van der Waals surface area contributed by atoms with Crippen LogP contribution in [0.15, 0.2) is 18.2 Å². The van der Waals surface area contributed by atoms with Crippen LogP contribution in [-0.2, 0) is 6.54 Å². The maximum atomic E-state index is 6.27. The number of fused-ring (bicyclic) bond motifs is 1. The molecular weight excluding hydrogens is 293 g/mol. The van der Waals surface area contributed by atoms with Gasteiger partial charge in [0.2, 0.25) is 0 Å². The molecule has 5 heteroatoms. The van der Waals surface area contributed by atoms with Gasteiger partial charge in [-0.05, 0) is 38.2 Å². The van der Waals surface area contributed by atoms with E-state index in [1.54, 1.807) is 0 Å². The second-order valence-corrected chi connectivity index (χ2v) is 5.99. The standard InChI is InChI=1S/C15H21Cl2N3/c1-4-19(5-2)8-9-20-14-7-6-12(17)10-13(14)18-15(20)11(3)16/h6-7,10-11H,4-5,8-9H2,1-3H3. The summed E-state index contributed by atoms with van der Waals surface area (Å²) in [4.78, 5) is 7.02. The molecule has 1 unspecified atom stereocenters. The van der Waals surface area contributed by atoms with Crippen LogP contribution in [0.1, 0.15) is 32.0 Å². The number of rotatable bonds is 6. The lowest BCUT2D eigenvalue weighted by Crippen LogP contribution is -2.27. The number of imidazole rings is 1. The molecule has 1 aromatic carbocycles. The van der Waals surface area contributed by atoms with E-state index in [-0.39, 0.29) is 5.38 Å². The summed E-state index contributed by atoms with van der Waals surface area (Å²) in [6.07, 6.45) is 0. The molecule has 0 N–H and O–H groups in total. The van der Waals surface area contributed by atoms with E-state index in [0.29, 0.717) is 5.02 Å². The predicted octanol–water partition coefficient (Wildman–Crippen LogP) is 4.33. The quantitative estimate of drug-likeness (QED) is 0.740. The highest BCUT2D eigenvalue weighted by Gasteiger charge is 2.15. The zero-order valence-corrected chi connectivity index (χ0v) is 13.7. The summed E-state index contributed by atoms with van der Waals surface area (Å²) in [5.74, 6) is 0.913. The van der Waals surface area contributed by atoms with Gasteiger partial charge in [-0.3, -0.25) is 0 Å². The van der Waals surface area contributed by atoms with Crippen LogP contribution < -0.4 is 0 Å². The first-order valence-corrected chi connectivity index (χ1v) is 7.90. The Balaban J connectivity index is 2.36. The SMILES string of the molecule is CCN(CC)CCn1c(C(C)Cl)nc2cc(Cl)ccc21. The van der Waals surface area contributed by atoms with Crippen molar-refractivity contribution in [1.82, 2.24) is 14.5 Å². The highest BCUT2D eigenvalue weighted by molar-refractivity contribution is 6.31. The zero-order chi connectivity index (χ0) is 14.7. The average Bonchev–Trinajstić information content (AvgIpc) is 2.78. The van der Waals surface area contributed by atoms with Gasteiger partial charge >= 0.3 is 0 Å². The Labute approximate surface area is 130 Å². The molecule has 0 aliphatic heterocycles. The Kier molecular flexibility index (Phi) is 5.30. The van der Waals surface area contributed by atoms with Crippen molar-refractivity contribution in [2.75, 3.05) is 19.6 Å². The van der Waals surface area contributed by atoms with Crippen LogP contribution in [0, 0.1) is 0 Å². The van der Waals surface area contributed by atoms with Crippen LogP contribution in [0.5, 0.6) is 0 Å². The smallest absolute Gasteiger partial charge is 0.127 e. The minimum atomic E-state index is -0.113. The fraction of sp³-hybridized carbons (Fsp3) is 0.533. The Morgan fingerprint density at radius 1 is 1.30 bits per heavy atom. The highest BCUT2D eigenvalue weighted by atomic mass is 35.5. The largest absolute Gasteiger partial charge is 0.325 e. The van der Waals surface area contributed by atoms with Gasteiger partial charge in [0.15, 0.2) is 0 Å². The van der Waals surface area contributed by atoms with Gasteiger partial charge in [0, 0.05) is 18.1 Å². The average molecular weight is 314 g/mol. The molecule has 0 spiro atoms. The van der Waals surface area contributed by atoms with Crippen molar-refractivity contribution < 1.29 is 0 Å². The van der Waals surface area contributed by atoms with Crippen LogP contribution in [0.25, 0.3) is 11.0 Å². The molecule has 2 aromatic rings. The minimum absolute atomic E-state index is 0.113. The van der Waals surface area contributed by atoms with Gasteiger partial charge in [-0.1, -0.05) is 25.4 Å². The molecule has 0 bridgehead atoms. The molecule has 20 heavy (non-hydrogen) atoms. The van der Waals surface area contributed by atoms with Crippen molar-refractivity contribution in [1.29, 1.82) is 0 Å². The van der Waals surface area contributed by atoms with Crippen molar-refractivity contribution >= 4 is 34.2 Å². The molecular formula is C15H21Cl2N3. The van der Waals surface area contributed by atoms with Crippen molar-refractivity contribution in [2.45, 2.75) is 32.7 Å². The molecule has 0 aliphatic rings. The topological polar surface area (TPSA) is 21.1 Å². The summed E-state index contributed by atoms with van der Waals surface area (Å²) in [5, 5.41) is 0.595. The van der Waals surface area contributed by atoms with E-state index in [0.717, 1.165) is 43.0 Å². The van der Waals surface area contributed by atoms with E-state index >= 15 is 0 Å². The molecule has 1 heterocycles. The number of nitrogens with zero attached hydrogens (tertiary/aromatic N) is 3. The fourth-order valence-corrected chi connectivity index (χ4v) is 2.77. The fourth-order valence-electron chi connectivity index (χ4n) is 2.44. The van der Waals surface area contributed by atoms with Crippen molar-refractivity contribution in [3.63, 3.8) is 0 Å². The molecule has 2 rings (SSSR count). The second kappa shape index (κ2) is 6.79. The normalized spacial score (nSPS) is 13.3. The van der Waals surface area contributed by atoms with Crippen LogP contribution in [0.2, 0.25) is 5.02 Å². The van der Waals surface area contributed by atoms with E-state index in [4.69, 9.17) is 23.2 Å². The van der Waals surface area contributed by atoms with E-state index in [9.17, 15) is 0 Å². The third-order valence-corrected chi connectivity index (χ3v) is 4.06. The molecule has 0 aliphatic carbocycles. The Morgan fingerprint density at radius 3 is 2.60 bits per heavy atom. The lowest BCUT2D eigenvalue weighted by molar-refractivity contribution is 0.290. The Morgan fingerprint density at radius 2 is 2.00 bits per heavy atom. The van der Waals surface area contributed by atoms with Gasteiger partial charge in [-0.15, -0.1) is 11.6 Å². The molecule has 1 atom stereocenters. The third-order valence-electron chi connectivity index (χ3n) is 3.63. The number of hydrogen-bond acceptors (Lipinski definition) is 2. The van der Waals surface area contributed by atoms with Gasteiger partial charge in [0.05, 0.1) is 16.4 Å². The summed E-state index contributed by atoms with van der Waals surface area (Å²) in [6, 6.07) is 5.82. The number of aromatic nitrogens is 2. The van der Waals surface area contributed by atoms with Crippen molar-refractivity contribution in [2.24, 2.45) is 0 Å². The zero-order valence-electron chi connectivity index (χ0n) is 12.2. The predicted molar refractivity (Wildman–Crippen MR) is 86.8 cm³/mol. The number of likely N-dealkylation sites (N-methyl/N-ethyl adjacent to an activating group) is 1. The molecule has 0 radical (unpaired) electrons. The number of hydrogen-bond donors (Lipinski definition) is 0. The molecule has 0 amide bonds. The van der Waals surface area contributed by atoms with Crippen LogP contribution in [0.4, 0.5) is 0 Å². The van der Waals surface area contributed by atoms with Crippen LogP contribution in [0.3, 0.4) is 0 Å². The first-order chi connectivity index (χ1) is 9.56. The summed E-state index contributed by atoms with van der Waals surface area (Å²) >= 11 is 12.3. The van der Waals surface area contributed by atoms with Crippen molar-refractivity contribution in [3.8, 4) is 0 Å². The molecule has 0 saturated carbocycles. The minimum Gasteiger partial charge on any atom is -0.325 e. The maximum absolute atomic E-state index is 6.27. The van der Waals surface area contributed by atoms with Gasteiger partial charge < -0.3 is 9.47 Å². The monoisotopic (exact) mass is 313 g/mol. The van der Waals surface area contributed by atoms with Crippen LogP contribution in [-0.4, -0.2) is 34.1 Å². The van der Waals surface area contributed by atoms with Gasteiger partial charge in [-0.25, -0.2) is 4.98 Å². The van der Waals surface area contributed by atoms with E-state index in [1.165, 1.54) is 0 Å². The number of halogens is 2. The summed E-state index contributed by atoms with van der Waals surface area (Å²) in [6.45, 7) is 10.3. The third kappa shape index (κ3) is 3.27. The van der Waals surface area contributed by atoms with E-state index in [1.807, 2.05) is 25.1 Å². The molecule has 3 nitrogen and oxygen atoms in total. The molecule has 0 saturated heterocycles. The molecule has 0 fully saturated rings.